The molecule has 2 aromatic rings. The van der Waals surface area contributed by atoms with Crippen molar-refractivity contribution in [3.05, 3.63) is 83.9 Å². The molecule has 3 nitrogen and oxygen atoms in total. The van der Waals surface area contributed by atoms with Gasteiger partial charge in [-0.15, -0.1) is 6.58 Å². The van der Waals surface area contributed by atoms with E-state index in [1.807, 2.05) is 24.3 Å². The summed E-state index contributed by atoms with van der Waals surface area (Å²) in [6, 6.07) is 17.8. The highest BCUT2D eigenvalue weighted by atomic mass is 16.2. The van der Waals surface area contributed by atoms with Crippen LogP contribution in [0.4, 0.5) is 0 Å². The maximum Gasteiger partial charge on any atom is 0.265 e. The molecule has 0 spiro atoms. The number of carbonyl (C=O) groups excluding carboxylic acids is 1. The molecule has 0 aliphatic heterocycles. The van der Waals surface area contributed by atoms with Crippen molar-refractivity contribution in [1.82, 2.24) is 10.9 Å². The minimum atomic E-state index is -0.404. The topological polar surface area (TPSA) is 41.1 Å². The molecule has 1 amide bonds. The molecule has 3 heteroatoms. The van der Waals surface area contributed by atoms with Crippen molar-refractivity contribution in [3.8, 4) is 0 Å². The molecule has 0 saturated heterocycles. The maximum atomic E-state index is 12.5. The number of hydrogen-bond acceptors (Lipinski definition) is 2. The molecule has 2 aromatic carbocycles. The highest BCUT2D eigenvalue weighted by molar-refractivity contribution is 5.93. The van der Waals surface area contributed by atoms with E-state index in [0.29, 0.717) is 5.56 Å². The van der Waals surface area contributed by atoms with E-state index in [0.717, 1.165) is 18.4 Å². The van der Waals surface area contributed by atoms with Crippen molar-refractivity contribution in [3.63, 3.8) is 0 Å². The third-order valence-corrected chi connectivity index (χ3v) is 5.00. The normalized spacial score (nSPS) is 14.4. The van der Waals surface area contributed by atoms with E-state index in [1.165, 1.54) is 5.56 Å². The van der Waals surface area contributed by atoms with Crippen LogP contribution in [0.3, 0.4) is 0 Å². The predicted molar refractivity (Wildman–Crippen MR) is 104 cm³/mol. The van der Waals surface area contributed by atoms with Gasteiger partial charge in [0.25, 0.3) is 5.91 Å². The fraction of sp³-hybridized carbons (Fsp3) is 0.318. The predicted octanol–water partition coefficient (Wildman–Crippen LogP) is 4.61. The number of rotatable bonds is 8. The first-order chi connectivity index (χ1) is 12.1. The summed E-state index contributed by atoms with van der Waals surface area (Å²) in [6.07, 6.45) is 3.76. The first kappa shape index (κ1) is 18.9. The van der Waals surface area contributed by atoms with Crippen molar-refractivity contribution in [1.29, 1.82) is 0 Å². The SMILES string of the molecule is C=C[C@@H](C)[C@@](CC)(NNC(=O)c1ccccc1)c1ccc(CC)cc1. The second-order valence-electron chi connectivity index (χ2n) is 6.34. The van der Waals surface area contributed by atoms with E-state index in [-0.39, 0.29) is 11.8 Å². The maximum absolute atomic E-state index is 12.5. The van der Waals surface area contributed by atoms with Gasteiger partial charge < -0.3 is 0 Å². The van der Waals surface area contributed by atoms with Crippen LogP contribution in [0, 0.1) is 5.92 Å². The summed E-state index contributed by atoms with van der Waals surface area (Å²) < 4.78 is 0. The van der Waals surface area contributed by atoms with Gasteiger partial charge in [-0.2, -0.15) is 0 Å². The van der Waals surface area contributed by atoms with E-state index in [1.54, 1.807) is 12.1 Å². The van der Waals surface area contributed by atoms with Crippen LogP contribution in [0.2, 0.25) is 0 Å². The third kappa shape index (κ3) is 4.18. The lowest BCUT2D eigenvalue weighted by atomic mass is 9.77. The number of aryl methyl sites for hydroxylation is 1. The number of benzene rings is 2. The van der Waals surface area contributed by atoms with E-state index < -0.39 is 5.54 Å². The molecule has 0 aliphatic carbocycles. The Labute approximate surface area is 151 Å². The number of hydrogen-bond donors (Lipinski definition) is 2. The van der Waals surface area contributed by atoms with Gasteiger partial charge in [0.1, 0.15) is 0 Å². The lowest BCUT2D eigenvalue weighted by Gasteiger charge is -2.39. The van der Waals surface area contributed by atoms with Crippen LogP contribution >= 0.6 is 0 Å². The number of carbonyl (C=O) groups is 1. The second kappa shape index (κ2) is 8.63. The van der Waals surface area contributed by atoms with E-state index in [9.17, 15) is 4.79 Å². The molecule has 0 aliphatic rings. The van der Waals surface area contributed by atoms with Gasteiger partial charge in [-0.3, -0.25) is 10.2 Å². The smallest absolute Gasteiger partial charge is 0.265 e. The van der Waals surface area contributed by atoms with Crippen LogP contribution < -0.4 is 10.9 Å². The van der Waals surface area contributed by atoms with Crippen LogP contribution in [0.25, 0.3) is 0 Å². The number of hydrazine groups is 1. The molecule has 2 rings (SSSR count). The summed E-state index contributed by atoms with van der Waals surface area (Å²) in [7, 11) is 0. The van der Waals surface area contributed by atoms with Gasteiger partial charge >= 0.3 is 0 Å². The molecule has 2 atom stereocenters. The summed E-state index contributed by atoms with van der Waals surface area (Å²) in [6.45, 7) is 10.3. The first-order valence-corrected chi connectivity index (χ1v) is 8.92. The Kier molecular flexibility index (Phi) is 6.54. The fourth-order valence-electron chi connectivity index (χ4n) is 3.13. The van der Waals surface area contributed by atoms with Gasteiger partial charge in [0.15, 0.2) is 0 Å². The molecule has 0 radical (unpaired) electrons. The Bertz CT molecular complexity index is 694. The Balaban J connectivity index is 2.28. The van der Waals surface area contributed by atoms with E-state index >= 15 is 0 Å². The summed E-state index contributed by atoms with van der Waals surface area (Å²) in [5.74, 6) is 0.000848. The second-order valence-corrected chi connectivity index (χ2v) is 6.34. The lowest BCUT2D eigenvalue weighted by molar-refractivity contribution is 0.0883. The van der Waals surface area contributed by atoms with Crippen LogP contribution in [0.15, 0.2) is 67.3 Å². The molecule has 0 aromatic heterocycles. The van der Waals surface area contributed by atoms with Crippen LogP contribution in [-0.4, -0.2) is 5.91 Å². The van der Waals surface area contributed by atoms with Gasteiger partial charge in [0.2, 0.25) is 0 Å². The average Bonchev–Trinajstić information content (AvgIpc) is 2.69. The van der Waals surface area contributed by atoms with Crippen molar-refractivity contribution in [2.45, 2.75) is 39.2 Å². The summed E-state index contributed by atoms with van der Waals surface area (Å²) >= 11 is 0. The summed E-state index contributed by atoms with van der Waals surface area (Å²) in [5.41, 5.74) is 8.88. The monoisotopic (exact) mass is 336 g/mol. The van der Waals surface area contributed by atoms with Crippen molar-refractivity contribution < 1.29 is 4.79 Å². The first-order valence-electron chi connectivity index (χ1n) is 8.92. The Hall–Kier alpha value is -2.39. The Morgan fingerprint density at radius 1 is 1.12 bits per heavy atom. The Morgan fingerprint density at radius 2 is 1.76 bits per heavy atom. The van der Waals surface area contributed by atoms with Gasteiger partial charge in [-0.1, -0.05) is 69.3 Å². The summed E-state index contributed by atoms with van der Waals surface area (Å²) in [4.78, 5) is 12.5. The molecular formula is C22H28N2O. The average molecular weight is 336 g/mol. The molecular weight excluding hydrogens is 308 g/mol. The van der Waals surface area contributed by atoms with Crippen molar-refractivity contribution >= 4 is 5.91 Å². The van der Waals surface area contributed by atoms with Gasteiger partial charge in [0, 0.05) is 5.56 Å². The van der Waals surface area contributed by atoms with Gasteiger partial charge in [-0.05, 0) is 42.0 Å². The molecule has 25 heavy (non-hydrogen) atoms. The molecule has 0 unspecified atom stereocenters. The number of nitrogens with one attached hydrogen (secondary N) is 2. The zero-order valence-electron chi connectivity index (χ0n) is 15.4. The minimum Gasteiger partial charge on any atom is -0.287 e. The molecule has 2 N–H and O–H groups in total. The van der Waals surface area contributed by atoms with Crippen molar-refractivity contribution in [2.24, 2.45) is 5.92 Å². The number of amides is 1. The summed E-state index contributed by atoms with van der Waals surface area (Å²) in [5, 5.41) is 0. The Morgan fingerprint density at radius 3 is 2.28 bits per heavy atom. The standard InChI is InChI=1S/C22H28N2O/c1-5-17(4)22(7-3,20-15-13-18(6-2)14-16-20)24-23-21(25)19-11-9-8-10-12-19/h5,8-17,24H,1,6-7H2,2-4H3,(H,23,25)/t17-,22-/m1/s1. The van der Waals surface area contributed by atoms with Crippen molar-refractivity contribution in [2.75, 3.05) is 0 Å². The van der Waals surface area contributed by atoms with Crippen LogP contribution in [-0.2, 0) is 12.0 Å². The fourth-order valence-corrected chi connectivity index (χ4v) is 3.13. The largest absolute Gasteiger partial charge is 0.287 e. The molecule has 0 heterocycles. The highest BCUT2D eigenvalue weighted by Crippen LogP contribution is 2.33. The van der Waals surface area contributed by atoms with E-state index in [2.05, 4.69) is 62.5 Å². The lowest BCUT2D eigenvalue weighted by Crippen LogP contribution is -2.55. The van der Waals surface area contributed by atoms with Crippen LogP contribution in [0.1, 0.15) is 48.7 Å². The molecule has 132 valence electrons. The van der Waals surface area contributed by atoms with Gasteiger partial charge in [0.05, 0.1) is 5.54 Å². The quantitative estimate of drug-likeness (QED) is 0.546. The third-order valence-electron chi connectivity index (χ3n) is 5.00. The van der Waals surface area contributed by atoms with Gasteiger partial charge in [-0.25, -0.2) is 5.43 Å². The zero-order valence-corrected chi connectivity index (χ0v) is 15.4. The van der Waals surface area contributed by atoms with Crippen LogP contribution in [0.5, 0.6) is 0 Å². The molecule has 0 bridgehead atoms. The highest BCUT2D eigenvalue weighted by Gasteiger charge is 2.35. The molecule has 0 saturated carbocycles. The molecule has 0 fully saturated rings. The zero-order chi connectivity index (χ0) is 18.3. The minimum absolute atomic E-state index is 0.139. The van der Waals surface area contributed by atoms with E-state index in [4.69, 9.17) is 0 Å².